The van der Waals surface area contributed by atoms with Gasteiger partial charge in [0.15, 0.2) is 11.5 Å². The van der Waals surface area contributed by atoms with Crippen LogP contribution in [0, 0.1) is 0 Å². The summed E-state index contributed by atoms with van der Waals surface area (Å²) in [6, 6.07) is 5.18. The van der Waals surface area contributed by atoms with Gasteiger partial charge in [-0.1, -0.05) is 6.07 Å². The van der Waals surface area contributed by atoms with Crippen LogP contribution in [0.5, 0.6) is 11.5 Å². The maximum atomic E-state index is 11.9. The number of para-hydroxylation sites is 1. The molecule has 1 heterocycles. The van der Waals surface area contributed by atoms with Crippen molar-refractivity contribution >= 4 is 5.97 Å². The van der Waals surface area contributed by atoms with Gasteiger partial charge in [0.25, 0.3) is 0 Å². The first-order valence-electron chi connectivity index (χ1n) is 6.36. The van der Waals surface area contributed by atoms with Crippen molar-refractivity contribution in [1.82, 2.24) is 0 Å². The normalized spacial score (nSPS) is 13.4. The molecule has 19 heavy (non-hydrogen) atoms. The molecule has 1 aliphatic heterocycles. The topological polar surface area (TPSA) is 54.0 Å². The van der Waals surface area contributed by atoms with Crippen LogP contribution in [0.3, 0.4) is 0 Å². The van der Waals surface area contributed by atoms with Crippen molar-refractivity contribution in [1.29, 1.82) is 0 Å². The average Bonchev–Trinajstić information content (AvgIpc) is 2.42. The van der Waals surface area contributed by atoms with Crippen LogP contribution in [0.25, 0.3) is 0 Å². The van der Waals surface area contributed by atoms with Crippen molar-refractivity contribution in [3.63, 3.8) is 0 Å². The fourth-order valence-electron chi connectivity index (χ4n) is 1.73. The molecule has 1 aromatic rings. The Labute approximate surface area is 112 Å². The number of hydrogen-bond donors (Lipinski definition) is 0. The summed E-state index contributed by atoms with van der Waals surface area (Å²) in [7, 11) is 0. The Morgan fingerprint density at radius 2 is 2.05 bits per heavy atom. The number of ether oxygens (including phenoxy) is 4. The molecule has 0 radical (unpaired) electrons. The summed E-state index contributed by atoms with van der Waals surface area (Å²) < 4.78 is 21.3. The van der Waals surface area contributed by atoms with Crippen LogP contribution in [-0.2, 0) is 9.47 Å². The van der Waals surface area contributed by atoms with E-state index in [-0.39, 0.29) is 12.7 Å². The molecule has 5 nitrogen and oxygen atoms in total. The largest absolute Gasteiger partial charge is 0.486 e. The van der Waals surface area contributed by atoms with Crippen LogP contribution in [0.1, 0.15) is 24.2 Å². The predicted octanol–water partition coefficient (Wildman–Crippen LogP) is 2.04. The molecule has 0 bridgehead atoms. The van der Waals surface area contributed by atoms with E-state index in [1.807, 2.05) is 13.8 Å². The van der Waals surface area contributed by atoms with Gasteiger partial charge in [0.1, 0.15) is 25.4 Å². The Morgan fingerprint density at radius 1 is 1.26 bits per heavy atom. The Kier molecular flexibility index (Phi) is 4.63. The van der Waals surface area contributed by atoms with Crippen LogP contribution >= 0.6 is 0 Å². The maximum Gasteiger partial charge on any atom is 0.342 e. The second-order valence-electron chi connectivity index (χ2n) is 4.39. The standard InChI is InChI=1S/C14H18O5/c1-10(2)16-6-9-19-14(15)11-4-3-5-12-13(11)18-8-7-17-12/h3-5,10H,6-9H2,1-2H3. The Morgan fingerprint density at radius 3 is 2.84 bits per heavy atom. The van der Waals surface area contributed by atoms with E-state index in [9.17, 15) is 4.79 Å². The van der Waals surface area contributed by atoms with Crippen molar-refractivity contribution in [2.24, 2.45) is 0 Å². The molecule has 0 unspecified atom stereocenters. The third-order valence-electron chi connectivity index (χ3n) is 2.55. The number of benzene rings is 1. The van der Waals surface area contributed by atoms with E-state index in [0.717, 1.165) is 0 Å². The quantitative estimate of drug-likeness (QED) is 0.603. The van der Waals surface area contributed by atoms with Crippen molar-refractivity contribution in [3.8, 4) is 11.5 Å². The summed E-state index contributed by atoms with van der Waals surface area (Å²) in [6.45, 7) is 5.40. The zero-order valence-electron chi connectivity index (χ0n) is 11.2. The molecular formula is C14H18O5. The van der Waals surface area contributed by atoms with E-state index >= 15 is 0 Å². The number of carbonyl (C=O) groups is 1. The lowest BCUT2D eigenvalue weighted by molar-refractivity contribution is 0.0172. The fraction of sp³-hybridized carbons (Fsp3) is 0.500. The maximum absolute atomic E-state index is 11.9. The van der Waals surface area contributed by atoms with Gasteiger partial charge in [-0.05, 0) is 26.0 Å². The van der Waals surface area contributed by atoms with E-state index in [1.54, 1.807) is 18.2 Å². The van der Waals surface area contributed by atoms with E-state index in [1.165, 1.54) is 0 Å². The molecule has 0 aromatic heterocycles. The summed E-state index contributed by atoms with van der Waals surface area (Å²) >= 11 is 0. The first-order valence-corrected chi connectivity index (χ1v) is 6.36. The van der Waals surface area contributed by atoms with Crippen molar-refractivity contribution < 1.29 is 23.7 Å². The minimum absolute atomic E-state index is 0.125. The summed E-state index contributed by atoms with van der Waals surface area (Å²) in [5.74, 6) is 0.623. The Bertz CT molecular complexity index is 441. The van der Waals surface area contributed by atoms with Crippen LogP contribution in [0.2, 0.25) is 0 Å². The highest BCUT2D eigenvalue weighted by Crippen LogP contribution is 2.33. The summed E-state index contributed by atoms with van der Waals surface area (Å²) in [4.78, 5) is 11.9. The van der Waals surface area contributed by atoms with E-state index in [2.05, 4.69) is 0 Å². The van der Waals surface area contributed by atoms with Gasteiger partial charge in [-0.25, -0.2) is 4.79 Å². The number of hydrogen-bond acceptors (Lipinski definition) is 5. The second kappa shape index (κ2) is 6.43. The summed E-state index contributed by atoms with van der Waals surface area (Å²) in [6.07, 6.45) is 0.125. The molecule has 0 spiro atoms. The van der Waals surface area contributed by atoms with Gasteiger partial charge in [-0.3, -0.25) is 0 Å². The highest BCUT2D eigenvalue weighted by atomic mass is 16.6. The smallest absolute Gasteiger partial charge is 0.342 e. The minimum Gasteiger partial charge on any atom is -0.486 e. The van der Waals surface area contributed by atoms with Gasteiger partial charge in [0.05, 0.1) is 12.7 Å². The monoisotopic (exact) mass is 266 g/mol. The molecule has 5 heteroatoms. The van der Waals surface area contributed by atoms with E-state index in [4.69, 9.17) is 18.9 Å². The fourth-order valence-corrected chi connectivity index (χ4v) is 1.73. The molecule has 2 rings (SSSR count). The van der Waals surface area contributed by atoms with Crippen molar-refractivity contribution in [3.05, 3.63) is 23.8 Å². The third-order valence-corrected chi connectivity index (χ3v) is 2.55. The molecule has 0 saturated heterocycles. The Hall–Kier alpha value is -1.75. The lowest BCUT2D eigenvalue weighted by Crippen LogP contribution is -2.19. The molecule has 0 atom stereocenters. The molecule has 104 valence electrons. The van der Waals surface area contributed by atoms with Crippen LogP contribution in [0.4, 0.5) is 0 Å². The number of fused-ring (bicyclic) bond motifs is 1. The lowest BCUT2D eigenvalue weighted by atomic mass is 10.2. The number of rotatable bonds is 5. The SMILES string of the molecule is CC(C)OCCOC(=O)c1cccc2c1OCCO2. The second-order valence-corrected chi connectivity index (χ2v) is 4.39. The van der Waals surface area contributed by atoms with Gasteiger partial charge >= 0.3 is 5.97 Å². The Balaban J connectivity index is 1.95. The van der Waals surface area contributed by atoms with Gasteiger partial charge in [0.2, 0.25) is 0 Å². The third kappa shape index (κ3) is 3.61. The highest BCUT2D eigenvalue weighted by molar-refractivity contribution is 5.93. The van der Waals surface area contributed by atoms with Crippen LogP contribution in [0.15, 0.2) is 18.2 Å². The lowest BCUT2D eigenvalue weighted by Gasteiger charge is -2.20. The molecule has 1 aromatic carbocycles. The molecule has 0 amide bonds. The molecule has 0 saturated carbocycles. The van der Waals surface area contributed by atoms with E-state index in [0.29, 0.717) is 36.9 Å². The predicted molar refractivity (Wildman–Crippen MR) is 68.8 cm³/mol. The van der Waals surface area contributed by atoms with Crippen LogP contribution < -0.4 is 9.47 Å². The van der Waals surface area contributed by atoms with Gasteiger partial charge in [-0.15, -0.1) is 0 Å². The molecule has 0 N–H and O–H groups in total. The first kappa shape index (κ1) is 13.7. The molecule has 1 aliphatic rings. The number of carbonyl (C=O) groups excluding carboxylic acids is 1. The molecular weight excluding hydrogens is 248 g/mol. The minimum atomic E-state index is -0.422. The van der Waals surface area contributed by atoms with E-state index < -0.39 is 5.97 Å². The summed E-state index contributed by atoms with van der Waals surface area (Å²) in [5.41, 5.74) is 0.391. The first-order chi connectivity index (χ1) is 9.18. The molecule has 0 fully saturated rings. The average molecular weight is 266 g/mol. The molecule has 0 aliphatic carbocycles. The van der Waals surface area contributed by atoms with Gasteiger partial charge in [0, 0.05) is 0 Å². The van der Waals surface area contributed by atoms with Gasteiger partial charge in [-0.2, -0.15) is 0 Å². The van der Waals surface area contributed by atoms with Crippen molar-refractivity contribution in [2.45, 2.75) is 20.0 Å². The van der Waals surface area contributed by atoms with Crippen molar-refractivity contribution in [2.75, 3.05) is 26.4 Å². The van der Waals surface area contributed by atoms with Gasteiger partial charge < -0.3 is 18.9 Å². The highest BCUT2D eigenvalue weighted by Gasteiger charge is 2.21. The summed E-state index contributed by atoms with van der Waals surface area (Å²) in [5, 5.41) is 0. The number of esters is 1. The van der Waals surface area contributed by atoms with Crippen LogP contribution in [-0.4, -0.2) is 38.5 Å². The zero-order chi connectivity index (χ0) is 13.7. The zero-order valence-corrected chi connectivity index (χ0v) is 11.2.